The van der Waals surface area contributed by atoms with Crippen molar-refractivity contribution in [3.05, 3.63) is 12.3 Å². The van der Waals surface area contributed by atoms with E-state index in [1.807, 2.05) is 12.3 Å². The van der Waals surface area contributed by atoms with Gasteiger partial charge in [0.05, 0.1) is 0 Å². The van der Waals surface area contributed by atoms with Crippen molar-refractivity contribution in [2.45, 2.75) is 45.6 Å². The Morgan fingerprint density at radius 3 is 2.59 bits per heavy atom. The van der Waals surface area contributed by atoms with Crippen LogP contribution in [-0.4, -0.2) is 29.1 Å². The third-order valence-corrected chi connectivity index (χ3v) is 2.86. The molecule has 0 bridgehead atoms. The summed E-state index contributed by atoms with van der Waals surface area (Å²) in [6.45, 7) is 6.53. The summed E-state index contributed by atoms with van der Waals surface area (Å²) in [6.07, 6.45) is 6.65. The fraction of sp³-hybridized carbons (Fsp3) is 0.692. The molecule has 0 amide bonds. The summed E-state index contributed by atoms with van der Waals surface area (Å²) in [4.78, 5) is 11.2. The predicted octanol–water partition coefficient (Wildman–Crippen LogP) is 2.68. The van der Waals surface area contributed by atoms with Crippen LogP contribution >= 0.6 is 0 Å². The molecule has 0 aromatic carbocycles. The van der Waals surface area contributed by atoms with Gasteiger partial charge in [-0.3, -0.25) is 0 Å². The van der Waals surface area contributed by atoms with Crippen molar-refractivity contribution in [3.63, 3.8) is 0 Å². The van der Waals surface area contributed by atoms with Crippen molar-refractivity contribution < 1.29 is 0 Å². The molecule has 0 aliphatic heterocycles. The van der Waals surface area contributed by atoms with E-state index in [1.165, 1.54) is 12.8 Å². The van der Waals surface area contributed by atoms with Gasteiger partial charge in [0.1, 0.15) is 5.82 Å². The summed E-state index contributed by atoms with van der Waals surface area (Å²) in [6, 6.07) is 2.61. The summed E-state index contributed by atoms with van der Waals surface area (Å²) in [5.74, 6) is 1.83. The van der Waals surface area contributed by atoms with E-state index in [0.29, 0.717) is 6.04 Å². The fourth-order valence-corrected chi connectivity index (χ4v) is 1.89. The standard InChI is InChI=1S/C13H22N4/c1-3-9-17(10-4-2)12-7-8-14-13(16-12)15-11-5-6-11/h7-8,11H,3-6,9-10H2,1-2H3,(H,14,15,16). The van der Waals surface area contributed by atoms with Gasteiger partial charge in [-0.1, -0.05) is 13.8 Å². The summed E-state index contributed by atoms with van der Waals surface area (Å²) in [5.41, 5.74) is 0. The lowest BCUT2D eigenvalue weighted by Crippen LogP contribution is -2.26. The second kappa shape index (κ2) is 5.84. The average Bonchev–Trinajstić information content (AvgIpc) is 3.13. The molecule has 4 nitrogen and oxygen atoms in total. The highest BCUT2D eigenvalue weighted by molar-refractivity contribution is 5.43. The lowest BCUT2D eigenvalue weighted by molar-refractivity contribution is 0.733. The van der Waals surface area contributed by atoms with Crippen molar-refractivity contribution in [2.75, 3.05) is 23.3 Å². The van der Waals surface area contributed by atoms with Gasteiger partial charge >= 0.3 is 0 Å². The molecule has 1 aromatic heterocycles. The summed E-state index contributed by atoms with van der Waals surface area (Å²) in [5, 5.41) is 3.35. The molecule has 17 heavy (non-hydrogen) atoms. The fourth-order valence-electron chi connectivity index (χ4n) is 1.89. The van der Waals surface area contributed by atoms with E-state index < -0.39 is 0 Å². The third kappa shape index (κ3) is 3.58. The minimum atomic E-state index is 0.607. The van der Waals surface area contributed by atoms with Crippen LogP contribution in [0.5, 0.6) is 0 Å². The van der Waals surface area contributed by atoms with Gasteiger partial charge in [0.2, 0.25) is 5.95 Å². The molecular formula is C13H22N4. The SMILES string of the molecule is CCCN(CCC)c1ccnc(NC2CC2)n1. The number of anilines is 2. The molecule has 1 aromatic rings. The predicted molar refractivity (Wildman–Crippen MR) is 71.5 cm³/mol. The van der Waals surface area contributed by atoms with Gasteiger partial charge in [-0.05, 0) is 31.7 Å². The van der Waals surface area contributed by atoms with E-state index in [9.17, 15) is 0 Å². The quantitative estimate of drug-likeness (QED) is 0.787. The Hall–Kier alpha value is -1.32. The van der Waals surface area contributed by atoms with E-state index in [0.717, 1.165) is 37.7 Å². The maximum Gasteiger partial charge on any atom is 0.224 e. The van der Waals surface area contributed by atoms with Gasteiger partial charge < -0.3 is 10.2 Å². The van der Waals surface area contributed by atoms with E-state index in [2.05, 4.69) is 34.0 Å². The lowest BCUT2D eigenvalue weighted by atomic mass is 10.3. The Morgan fingerprint density at radius 2 is 2.00 bits per heavy atom. The molecule has 0 spiro atoms. The first-order valence-corrected chi connectivity index (χ1v) is 6.68. The molecule has 1 heterocycles. The normalized spacial score (nSPS) is 14.7. The van der Waals surface area contributed by atoms with E-state index in [4.69, 9.17) is 0 Å². The Morgan fingerprint density at radius 1 is 1.29 bits per heavy atom. The number of hydrogen-bond donors (Lipinski definition) is 1. The molecule has 0 unspecified atom stereocenters. The second-order valence-corrected chi connectivity index (χ2v) is 4.64. The maximum atomic E-state index is 4.59. The van der Waals surface area contributed by atoms with Crippen molar-refractivity contribution >= 4 is 11.8 Å². The van der Waals surface area contributed by atoms with E-state index >= 15 is 0 Å². The molecule has 0 radical (unpaired) electrons. The van der Waals surface area contributed by atoms with Crippen LogP contribution in [0.15, 0.2) is 12.3 Å². The Bertz CT molecular complexity index is 343. The van der Waals surface area contributed by atoms with Crippen LogP contribution in [0.2, 0.25) is 0 Å². The molecule has 1 saturated carbocycles. The summed E-state index contributed by atoms with van der Waals surface area (Å²) < 4.78 is 0. The zero-order chi connectivity index (χ0) is 12.1. The molecule has 0 saturated heterocycles. The smallest absolute Gasteiger partial charge is 0.224 e. The minimum Gasteiger partial charge on any atom is -0.356 e. The molecule has 2 rings (SSSR count). The highest BCUT2D eigenvalue weighted by Crippen LogP contribution is 2.23. The number of aromatic nitrogens is 2. The van der Waals surface area contributed by atoms with Crippen LogP contribution < -0.4 is 10.2 Å². The van der Waals surface area contributed by atoms with Gasteiger partial charge in [0.25, 0.3) is 0 Å². The van der Waals surface area contributed by atoms with Crippen LogP contribution in [0.4, 0.5) is 11.8 Å². The first-order valence-electron chi connectivity index (χ1n) is 6.68. The van der Waals surface area contributed by atoms with Gasteiger partial charge in [-0.15, -0.1) is 0 Å². The molecule has 0 atom stereocenters. The van der Waals surface area contributed by atoms with Crippen LogP contribution in [-0.2, 0) is 0 Å². The minimum absolute atomic E-state index is 0.607. The highest BCUT2D eigenvalue weighted by atomic mass is 15.2. The second-order valence-electron chi connectivity index (χ2n) is 4.64. The Labute approximate surface area is 103 Å². The van der Waals surface area contributed by atoms with Crippen LogP contribution in [0, 0.1) is 0 Å². The monoisotopic (exact) mass is 234 g/mol. The topological polar surface area (TPSA) is 41.1 Å². The van der Waals surface area contributed by atoms with Crippen LogP contribution in [0.3, 0.4) is 0 Å². The van der Waals surface area contributed by atoms with Gasteiger partial charge in [0, 0.05) is 25.3 Å². The zero-order valence-electron chi connectivity index (χ0n) is 10.8. The number of nitrogens with zero attached hydrogens (tertiary/aromatic N) is 3. The molecule has 1 aliphatic rings. The summed E-state index contributed by atoms with van der Waals surface area (Å²) >= 11 is 0. The molecule has 1 fully saturated rings. The summed E-state index contributed by atoms with van der Waals surface area (Å²) in [7, 11) is 0. The number of nitrogens with one attached hydrogen (secondary N) is 1. The van der Waals surface area contributed by atoms with E-state index in [1.54, 1.807) is 0 Å². The highest BCUT2D eigenvalue weighted by Gasteiger charge is 2.22. The zero-order valence-corrected chi connectivity index (χ0v) is 10.8. The van der Waals surface area contributed by atoms with Crippen molar-refractivity contribution in [2.24, 2.45) is 0 Å². The molecule has 4 heteroatoms. The van der Waals surface area contributed by atoms with Gasteiger partial charge in [-0.25, -0.2) is 4.98 Å². The molecule has 1 aliphatic carbocycles. The van der Waals surface area contributed by atoms with Gasteiger partial charge in [0.15, 0.2) is 0 Å². The van der Waals surface area contributed by atoms with Crippen LogP contribution in [0.25, 0.3) is 0 Å². The lowest BCUT2D eigenvalue weighted by Gasteiger charge is -2.22. The molecule has 1 N–H and O–H groups in total. The first-order chi connectivity index (χ1) is 8.33. The molecular weight excluding hydrogens is 212 g/mol. The number of rotatable bonds is 7. The Kier molecular flexibility index (Phi) is 4.18. The van der Waals surface area contributed by atoms with E-state index in [-0.39, 0.29) is 0 Å². The van der Waals surface area contributed by atoms with Crippen molar-refractivity contribution in [1.29, 1.82) is 0 Å². The first kappa shape index (κ1) is 12.1. The average molecular weight is 234 g/mol. The Balaban J connectivity index is 2.05. The largest absolute Gasteiger partial charge is 0.356 e. The third-order valence-electron chi connectivity index (χ3n) is 2.86. The van der Waals surface area contributed by atoms with Gasteiger partial charge in [-0.2, -0.15) is 4.98 Å². The maximum absolute atomic E-state index is 4.59. The molecule has 94 valence electrons. The van der Waals surface area contributed by atoms with Crippen LogP contribution in [0.1, 0.15) is 39.5 Å². The number of hydrogen-bond acceptors (Lipinski definition) is 4. The van der Waals surface area contributed by atoms with Crippen molar-refractivity contribution in [3.8, 4) is 0 Å². The van der Waals surface area contributed by atoms with Crippen molar-refractivity contribution in [1.82, 2.24) is 9.97 Å².